The summed E-state index contributed by atoms with van der Waals surface area (Å²) in [5.41, 5.74) is 0. The first-order valence-corrected chi connectivity index (χ1v) is 9.52. The molecule has 0 aromatic carbocycles. The van der Waals surface area contributed by atoms with Crippen LogP contribution in [0.1, 0.15) is 18.7 Å². The van der Waals surface area contributed by atoms with Gasteiger partial charge in [-0.25, -0.2) is 8.42 Å². The van der Waals surface area contributed by atoms with Gasteiger partial charge < -0.3 is 0 Å². The average Bonchev–Trinajstić information content (AvgIpc) is 2.76. The van der Waals surface area contributed by atoms with Crippen LogP contribution in [0.25, 0.3) is 0 Å². The number of thioether (sulfide) groups is 1. The fourth-order valence-electron chi connectivity index (χ4n) is 2.04. The van der Waals surface area contributed by atoms with Crippen molar-refractivity contribution in [3.8, 4) is 0 Å². The Morgan fingerprint density at radius 1 is 1.39 bits per heavy atom. The van der Waals surface area contributed by atoms with E-state index in [1.807, 2.05) is 11.8 Å². The van der Waals surface area contributed by atoms with E-state index < -0.39 is 10.0 Å². The molecule has 1 saturated heterocycles. The number of halogens is 1. The summed E-state index contributed by atoms with van der Waals surface area (Å²) >= 11 is 8.96. The Hall–Kier alpha value is 0.250. The maximum absolute atomic E-state index is 12.5. The molecule has 3 nitrogen and oxygen atoms in total. The molecule has 2 atom stereocenters. The van der Waals surface area contributed by atoms with Crippen LogP contribution in [0, 0.1) is 0 Å². The normalized spacial score (nSPS) is 26.4. The molecule has 1 aromatic heterocycles. The fourth-order valence-corrected chi connectivity index (χ4v) is 6.55. The average molecular weight is 326 g/mol. The molecule has 0 aliphatic carbocycles. The summed E-state index contributed by atoms with van der Waals surface area (Å²) < 4.78 is 26.6. The van der Waals surface area contributed by atoms with Crippen LogP contribution in [0.15, 0.2) is 16.3 Å². The van der Waals surface area contributed by atoms with Crippen molar-refractivity contribution < 1.29 is 8.42 Å². The maximum Gasteiger partial charge on any atom is 0.243 e. The molecule has 2 rings (SSSR count). The molecule has 0 N–H and O–H groups in total. The highest BCUT2D eigenvalue weighted by molar-refractivity contribution is 8.00. The molecule has 2 heterocycles. The van der Waals surface area contributed by atoms with Crippen LogP contribution >= 0.6 is 34.7 Å². The predicted octanol–water partition coefficient (Wildman–Crippen LogP) is 3.00. The van der Waals surface area contributed by atoms with E-state index in [4.69, 9.17) is 11.6 Å². The molecule has 0 spiro atoms. The van der Waals surface area contributed by atoms with E-state index in [0.29, 0.717) is 34.4 Å². The minimum atomic E-state index is -3.35. The Balaban J connectivity index is 2.25. The third-order valence-electron chi connectivity index (χ3n) is 2.79. The van der Waals surface area contributed by atoms with Crippen molar-refractivity contribution in [3.05, 3.63) is 16.3 Å². The number of rotatable bonds is 3. The molecule has 102 valence electrons. The lowest BCUT2D eigenvalue weighted by Crippen LogP contribution is -2.43. The van der Waals surface area contributed by atoms with Crippen molar-refractivity contribution in [1.29, 1.82) is 0 Å². The van der Waals surface area contributed by atoms with Crippen LogP contribution < -0.4 is 0 Å². The minimum Gasteiger partial charge on any atom is -0.207 e. The van der Waals surface area contributed by atoms with Gasteiger partial charge in [-0.3, -0.25) is 0 Å². The molecule has 1 aromatic rings. The smallest absolute Gasteiger partial charge is 0.207 e. The first-order valence-electron chi connectivity index (χ1n) is 5.72. The number of thiophene rings is 1. The molecule has 7 heteroatoms. The SMILES string of the molecule is CC1CN(S(=O)(=O)c2csc(CCl)c2)CC(C)S1. The van der Waals surface area contributed by atoms with E-state index in [9.17, 15) is 8.42 Å². The summed E-state index contributed by atoms with van der Waals surface area (Å²) in [4.78, 5) is 1.28. The minimum absolute atomic E-state index is 0.342. The van der Waals surface area contributed by atoms with E-state index in [0.717, 1.165) is 4.88 Å². The summed E-state index contributed by atoms with van der Waals surface area (Å²) in [6.07, 6.45) is 0. The van der Waals surface area contributed by atoms with Gasteiger partial charge in [-0.1, -0.05) is 13.8 Å². The van der Waals surface area contributed by atoms with Crippen molar-refractivity contribution in [2.75, 3.05) is 13.1 Å². The van der Waals surface area contributed by atoms with Gasteiger partial charge in [0, 0.05) is 33.8 Å². The molecule has 2 unspecified atom stereocenters. The highest BCUT2D eigenvalue weighted by atomic mass is 35.5. The Kier molecular flexibility index (Phi) is 4.65. The summed E-state index contributed by atoms with van der Waals surface area (Å²) in [6.45, 7) is 5.31. The second-order valence-corrected chi connectivity index (χ2v) is 9.54. The lowest BCUT2D eigenvalue weighted by atomic mass is 10.4. The zero-order valence-corrected chi connectivity index (χ0v) is 13.5. The summed E-state index contributed by atoms with van der Waals surface area (Å²) in [7, 11) is -3.35. The van der Waals surface area contributed by atoms with Crippen molar-refractivity contribution >= 4 is 44.7 Å². The largest absolute Gasteiger partial charge is 0.243 e. The second-order valence-electron chi connectivity index (χ2n) is 4.46. The molecule has 0 radical (unpaired) electrons. The Labute approximate surface area is 122 Å². The zero-order valence-electron chi connectivity index (χ0n) is 10.3. The van der Waals surface area contributed by atoms with Gasteiger partial charge in [0.05, 0.1) is 10.8 Å². The molecular weight excluding hydrogens is 310 g/mol. The van der Waals surface area contributed by atoms with Gasteiger partial charge in [-0.05, 0) is 6.07 Å². The lowest BCUT2D eigenvalue weighted by Gasteiger charge is -2.33. The van der Waals surface area contributed by atoms with Gasteiger partial charge in [0.1, 0.15) is 0 Å². The standard InChI is InChI=1S/C11H16ClNO2S3/c1-8-5-13(6-9(2)17-8)18(14,15)11-3-10(4-12)16-7-11/h3,7-9H,4-6H2,1-2H3. The monoisotopic (exact) mass is 325 g/mol. The third kappa shape index (κ3) is 3.04. The lowest BCUT2D eigenvalue weighted by molar-refractivity contribution is 0.405. The van der Waals surface area contributed by atoms with Gasteiger partial charge >= 0.3 is 0 Å². The van der Waals surface area contributed by atoms with E-state index >= 15 is 0 Å². The van der Waals surface area contributed by atoms with E-state index in [2.05, 4.69) is 13.8 Å². The van der Waals surface area contributed by atoms with Gasteiger partial charge in [0.15, 0.2) is 0 Å². The summed E-state index contributed by atoms with van der Waals surface area (Å²) in [6, 6.07) is 1.68. The van der Waals surface area contributed by atoms with Crippen LogP contribution in [-0.2, 0) is 15.9 Å². The number of sulfonamides is 1. The quantitative estimate of drug-likeness (QED) is 0.802. The van der Waals surface area contributed by atoms with Crippen molar-refractivity contribution in [2.45, 2.75) is 35.1 Å². The maximum atomic E-state index is 12.5. The first kappa shape index (κ1) is 14.7. The van der Waals surface area contributed by atoms with Gasteiger partial charge in [0.25, 0.3) is 0 Å². The molecule has 0 amide bonds. The van der Waals surface area contributed by atoms with Crippen molar-refractivity contribution in [3.63, 3.8) is 0 Å². The van der Waals surface area contributed by atoms with Crippen LogP contribution in [0.5, 0.6) is 0 Å². The van der Waals surface area contributed by atoms with Gasteiger partial charge in [0.2, 0.25) is 10.0 Å². The Morgan fingerprint density at radius 2 is 2.00 bits per heavy atom. The molecule has 0 bridgehead atoms. The second kappa shape index (κ2) is 5.71. The zero-order chi connectivity index (χ0) is 13.3. The topological polar surface area (TPSA) is 37.4 Å². The van der Waals surface area contributed by atoms with Crippen LogP contribution in [0.4, 0.5) is 0 Å². The van der Waals surface area contributed by atoms with E-state index in [-0.39, 0.29) is 0 Å². The number of hydrogen-bond acceptors (Lipinski definition) is 4. The predicted molar refractivity (Wildman–Crippen MR) is 79.1 cm³/mol. The fraction of sp³-hybridized carbons (Fsp3) is 0.636. The summed E-state index contributed by atoms with van der Waals surface area (Å²) in [5.74, 6) is 0.364. The molecule has 1 aliphatic rings. The van der Waals surface area contributed by atoms with Gasteiger partial charge in [-0.2, -0.15) is 16.1 Å². The Bertz CT molecular complexity index is 504. The molecule has 1 fully saturated rings. The number of nitrogens with zero attached hydrogens (tertiary/aromatic N) is 1. The van der Waals surface area contributed by atoms with Crippen molar-refractivity contribution in [1.82, 2.24) is 4.31 Å². The van der Waals surface area contributed by atoms with Crippen molar-refractivity contribution in [2.24, 2.45) is 0 Å². The van der Waals surface area contributed by atoms with Crippen LogP contribution in [0.2, 0.25) is 0 Å². The number of alkyl halides is 1. The first-order chi connectivity index (χ1) is 8.43. The van der Waals surface area contributed by atoms with E-state index in [1.54, 1.807) is 15.8 Å². The molecule has 0 saturated carbocycles. The third-order valence-corrected chi connectivity index (χ3v) is 7.35. The van der Waals surface area contributed by atoms with E-state index in [1.165, 1.54) is 11.3 Å². The van der Waals surface area contributed by atoms with Crippen LogP contribution in [0.3, 0.4) is 0 Å². The molecule has 1 aliphatic heterocycles. The molecule has 18 heavy (non-hydrogen) atoms. The highest BCUT2D eigenvalue weighted by Crippen LogP contribution is 2.30. The highest BCUT2D eigenvalue weighted by Gasteiger charge is 2.32. The van der Waals surface area contributed by atoms with Gasteiger partial charge in [-0.15, -0.1) is 22.9 Å². The number of hydrogen-bond donors (Lipinski definition) is 0. The Morgan fingerprint density at radius 3 is 2.50 bits per heavy atom. The summed E-state index contributed by atoms with van der Waals surface area (Å²) in [5, 5.41) is 2.37. The molecular formula is C11H16ClNO2S3. The van der Waals surface area contributed by atoms with Crippen LogP contribution in [-0.4, -0.2) is 36.3 Å².